The fraction of sp³-hybridized carbons (Fsp3) is 0.586. The Bertz CT molecular complexity index is 954. The molecule has 0 aliphatic heterocycles. The Hall–Kier alpha value is -3.08. The minimum Gasteiger partial charge on any atom is -0.392 e. The third kappa shape index (κ3) is 12.5. The number of Topliss-reactive ketones (excluding diaryl/α,β-unsaturated/α-hetero) is 1. The van der Waals surface area contributed by atoms with Crippen LogP contribution in [0, 0.1) is 17.2 Å². The molecule has 0 spiro atoms. The van der Waals surface area contributed by atoms with Gasteiger partial charge in [0.1, 0.15) is 11.8 Å². The van der Waals surface area contributed by atoms with Gasteiger partial charge in [-0.3, -0.25) is 15.0 Å². The molecule has 0 heterocycles. The fourth-order valence-corrected chi connectivity index (χ4v) is 4.79. The smallest absolute Gasteiger partial charge is 0.330 e. The van der Waals surface area contributed by atoms with Gasteiger partial charge in [-0.1, -0.05) is 61.7 Å². The molecule has 1 unspecified atom stereocenters. The lowest BCUT2D eigenvalue weighted by Gasteiger charge is -2.18. The number of ketones is 1. The number of nitrogens with one attached hydrogen (secondary N) is 2. The van der Waals surface area contributed by atoms with Crippen molar-refractivity contribution >= 4 is 23.7 Å². The van der Waals surface area contributed by atoms with Gasteiger partial charge in [0.2, 0.25) is 0 Å². The maximum atomic E-state index is 12.5. The van der Waals surface area contributed by atoms with Crippen molar-refractivity contribution in [3.8, 4) is 0 Å². The Kier molecular flexibility index (Phi) is 14.4. The Morgan fingerprint density at radius 2 is 1.85 bits per heavy atom. The zero-order valence-electron chi connectivity index (χ0n) is 22.6. The number of benzene rings is 1. The molecule has 1 aliphatic rings. The highest BCUT2D eigenvalue weighted by Gasteiger charge is 2.39. The van der Waals surface area contributed by atoms with Crippen molar-refractivity contribution in [1.29, 1.82) is 5.41 Å². The number of aliphatic hydroxyl groups excluding tert-OH is 2. The first-order chi connectivity index (χ1) is 18.7. The first kappa shape index (κ1) is 32.1. The lowest BCUT2D eigenvalue weighted by Crippen LogP contribution is -2.36. The molecule has 0 amide bonds. The van der Waals surface area contributed by atoms with Gasteiger partial charge in [-0.05, 0) is 44.1 Å². The van der Waals surface area contributed by atoms with Crippen molar-refractivity contribution < 1.29 is 29.3 Å². The third-order valence-electron chi connectivity index (χ3n) is 7.03. The number of unbranched alkanes of at least 4 members (excludes halogenated alkanes) is 3. The number of hydrogen-bond donors (Lipinski definition) is 6. The second-order valence-electron chi connectivity index (χ2n) is 10.2. The Balaban J connectivity index is 1.63. The third-order valence-corrected chi connectivity index (χ3v) is 7.03. The molecular formula is C29H44N4O6. The molecule has 1 saturated carbocycles. The summed E-state index contributed by atoms with van der Waals surface area (Å²) in [5.41, 5.74) is 12.1. The highest BCUT2D eigenvalue weighted by Crippen LogP contribution is 2.34. The van der Waals surface area contributed by atoms with E-state index in [-0.39, 0.29) is 36.4 Å². The predicted molar refractivity (Wildman–Crippen MR) is 148 cm³/mol. The fourth-order valence-electron chi connectivity index (χ4n) is 4.79. The van der Waals surface area contributed by atoms with Crippen molar-refractivity contribution in [1.82, 2.24) is 5.32 Å². The zero-order valence-corrected chi connectivity index (χ0v) is 22.6. The number of aliphatic hydroxyl groups is 2. The van der Waals surface area contributed by atoms with Crippen LogP contribution in [0.1, 0.15) is 69.8 Å². The van der Waals surface area contributed by atoms with Gasteiger partial charge in [-0.25, -0.2) is 4.79 Å². The highest BCUT2D eigenvalue weighted by molar-refractivity contribution is 5.88. The molecule has 1 fully saturated rings. The van der Waals surface area contributed by atoms with Crippen LogP contribution in [0.15, 0.2) is 42.5 Å². The van der Waals surface area contributed by atoms with Gasteiger partial charge in [-0.2, -0.15) is 0 Å². The standard InChI is InChI=1S/C29H44N4O6/c30-24(12-8-18-33-29(31)32)28(38)39-27(37)13-7-2-1-6-11-22-23(26(36)19-25(22)35)17-16-21(34)15-14-20-9-4-3-5-10-20/h3-5,9-10,16-17,21-24,26,34,36H,1-2,6-8,11-15,18-19,30H2,(H4,31,32,33)/b17-16+/t21-,22+,23+,24?,26+/m0/s1. The van der Waals surface area contributed by atoms with Gasteiger partial charge in [0.15, 0.2) is 5.96 Å². The zero-order chi connectivity index (χ0) is 28.6. The molecule has 39 heavy (non-hydrogen) atoms. The van der Waals surface area contributed by atoms with Crippen molar-refractivity contribution in [2.24, 2.45) is 23.3 Å². The number of aryl methyl sites for hydroxylation is 1. The molecule has 0 saturated heterocycles. The van der Waals surface area contributed by atoms with Gasteiger partial charge < -0.3 is 31.7 Å². The van der Waals surface area contributed by atoms with Crippen LogP contribution in [0.4, 0.5) is 0 Å². The van der Waals surface area contributed by atoms with Gasteiger partial charge in [0.05, 0.1) is 12.2 Å². The first-order valence-corrected chi connectivity index (χ1v) is 13.9. The summed E-state index contributed by atoms with van der Waals surface area (Å²) < 4.78 is 4.82. The summed E-state index contributed by atoms with van der Waals surface area (Å²) in [6, 6.07) is 9.01. The molecular weight excluding hydrogens is 500 g/mol. The van der Waals surface area contributed by atoms with Gasteiger partial charge >= 0.3 is 11.9 Å². The van der Waals surface area contributed by atoms with E-state index in [9.17, 15) is 24.6 Å². The van der Waals surface area contributed by atoms with Crippen molar-refractivity contribution in [3.05, 3.63) is 48.0 Å². The SMILES string of the molecule is N=C(N)NCCCC(N)C(=O)OC(=O)CCCCCC[C@H]1C(=O)C[C@@H](O)[C@@H]1/C=C/[C@@H](O)CCc1ccccc1. The number of rotatable bonds is 17. The summed E-state index contributed by atoms with van der Waals surface area (Å²) in [6.45, 7) is 0.406. The number of ether oxygens (including phenoxy) is 1. The van der Waals surface area contributed by atoms with Gasteiger partial charge in [-0.15, -0.1) is 0 Å². The maximum absolute atomic E-state index is 12.5. The Morgan fingerprint density at radius 1 is 1.13 bits per heavy atom. The van der Waals surface area contributed by atoms with Gasteiger partial charge in [0.25, 0.3) is 0 Å². The summed E-state index contributed by atoms with van der Waals surface area (Å²) in [5, 5.41) is 30.4. The number of nitrogens with two attached hydrogens (primary N) is 2. The van der Waals surface area contributed by atoms with Crippen molar-refractivity contribution in [2.75, 3.05) is 6.54 Å². The maximum Gasteiger partial charge on any atom is 0.330 e. The average Bonchev–Trinajstić information content (AvgIpc) is 3.17. The van der Waals surface area contributed by atoms with E-state index in [1.54, 1.807) is 12.2 Å². The molecule has 216 valence electrons. The van der Waals surface area contributed by atoms with E-state index in [0.717, 1.165) is 31.2 Å². The summed E-state index contributed by atoms with van der Waals surface area (Å²) in [5.74, 6) is -2.05. The highest BCUT2D eigenvalue weighted by atomic mass is 16.6. The van der Waals surface area contributed by atoms with E-state index in [4.69, 9.17) is 21.6 Å². The molecule has 10 nitrogen and oxygen atoms in total. The normalized spacial score (nSPS) is 20.6. The second-order valence-corrected chi connectivity index (χ2v) is 10.2. The second kappa shape index (κ2) is 17.5. The summed E-state index contributed by atoms with van der Waals surface area (Å²) in [6.07, 6.45) is 8.03. The molecule has 1 aromatic rings. The van der Waals surface area contributed by atoms with E-state index >= 15 is 0 Å². The van der Waals surface area contributed by atoms with Crippen LogP contribution < -0.4 is 16.8 Å². The molecule has 0 bridgehead atoms. The quantitative estimate of drug-likeness (QED) is 0.0426. The van der Waals surface area contributed by atoms with Crippen molar-refractivity contribution in [2.45, 2.75) is 88.9 Å². The number of esters is 2. The monoisotopic (exact) mass is 544 g/mol. The topological polar surface area (TPSA) is 189 Å². The number of hydrogen-bond acceptors (Lipinski definition) is 8. The molecule has 5 atom stereocenters. The van der Waals surface area contributed by atoms with Crippen LogP contribution in [0.2, 0.25) is 0 Å². The van der Waals surface area contributed by atoms with Gasteiger partial charge in [0, 0.05) is 31.2 Å². The lowest BCUT2D eigenvalue weighted by atomic mass is 9.88. The van der Waals surface area contributed by atoms with E-state index in [0.29, 0.717) is 38.6 Å². The van der Waals surface area contributed by atoms with Crippen LogP contribution in [0.3, 0.4) is 0 Å². The average molecular weight is 545 g/mol. The molecule has 10 heteroatoms. The van der Waals surface area contributed by atoms with Crippen LogP contribution in [-0.4, -0.2) is 58.7 Å². The number of carbonyl (C=O) groups excluding carboxylic acids is 3. The molecule has 2 rings (SSSR count). The molecule has 0 radical (unpaired) electrons. The largest absolute Gasteiger partial charge is 0.392 e. The van der Waals surface area contributed by atoms with Crippen LogP contribution in [0.25, 0.3) is 0 Å². The van der Waals surface area contributed by atoms with Crippen LogP contribution in [-0.2, 0) is 25.5 Å². The van der Waals surface area contributed by atoms with Crippen LogP contribution >= 0.6 is 0 Å². The summed E-state index contributed by atoms with van der Waals surface area (Å²) in [4.78, 5) is 36.3. The molecule has 1 aromatic carbocycles. The summed E-state index contributed by atoms with van der Waals surface area (Å²) in [7, 11) is 0. The molecule has 8 N–H and O–H groups in total. The van der Waals surface area contributed by atoms with E-state index in [1.807, 2.05) is 30.3 Å². The molecule has 0 aromatic heterocycles. The predicted octanol–water partition coefficient (Wildman–Crippen LogP) is 2.10. The minimum absolute atomic E-state index is 0.0476. The summed E-state index contributed by atoms with van der Waals surface area (Å²) >= 11 is 0. The lowest BCUT2D eigenvalue weighted by molar-refractivity contribution is -0.160. The minimum atomic E-state index is -0.908. The van der Waals surface area contributed by atoms with E-state index in [2.05, 4.69) is 5.32 Å². The Morgan fingerprint density at radius 3 is 2.56 bits per heavy atom. The van der Waals surface area contributed by atoms with Crippen molar-refractivity contribution in [3.63, 3.8) is 0 Å². The Labute approximate surface area is 230 Å². The van der Waals surface area contributed by atoms with E-state index in [1.165, 1.54) is 0 Å². The molecule has 1 aliphatic carbocycles. The number of guanidine groups is 1. The van der Waals surface area contributed by atoms with E-state index < -0.39 is 30.2 Å². The van der Waals surface area contributed by atoms with Crippen LogP contribution in [0.5, 0.6) is 0 Å². The first-order valence-electron chi connectivity index (χ1n) is 13.9. The number of carbonyl (C=O) groups is 3.